The van der Waals surface area contributed by atoms with Crippen LogP contribution >= 0.6 is 11.3 Å². The number of nitrogens with zero attached hydrogens (tertiary/aromatic N) is 3. The molecule has 0 aromatic carbocycles. The lowest BCUT2D eigenvalue weighted by atomic mass is 9.89. The van der Waals surface area contributed by atoms with Crippen LogP contribution in [0.2, 0.25) is 0 Å². The minimum absolute atomic E-state index is 0.292. The summed E-state index contributed by atoms with van der Waals surface area (Å²) >= 11 is 1.55. The molecule has 0 amide bonds. The summed E-state index contributed by atoms with van der Waals surface area (Å²) in [6.07, 6.45) is 4.43. The van der Waals surface area contributed by atoms with E-state index >= 15 is 0 Å². The second-order valence-electron chi connectivity index (χ2n) is 7.69. The van der Waals surface area contributed by atoms with Gasteiger partial charge < -0.3 is 5.11 Å². The van der Waals surface area contributed by atoms with E-state index in [0.717, 1.165) is 24.8 Å². The summed E-state index contributed by atoms with van der Waals surface area (Å²) in [6.45, 7) is 5.26. The average molecular weight is 383 g/mol. The van der Waals surface area contributed by atoms with E-state index < -0.39 is 11.5 Å². The molecule has 0 aliphatic heterocycles. The Hall–Kier alpha value is -2.54. The zero-order chi connectivity index (χ0) is 19.3. The number of rotatable bonds is 3. The maximum Gasteiger partial charge on any atom is 0.329 e. The Labute approximate surface area is 160 Å². The number of aliphatic carboxylic acids is 1. The van der Waals surface area contributed by atoms with Crippen molar-refractivity contribution < 1.29 is 9.90 Å². The zero-order valence-corrected chi connectivity index (χ0v) is 16.3. The van der Waals surface area contributed by atoms with Crippen LogP contribution in [-0.2, 0) is 23.2 Å². The van der Waals surface area contributed by atoms with Crippen LogP contribution in [0.5, 0.6) is 0 Å². The second-order valence-corrected chi connectivity index (χ2v) is 8.77. The molecule has 1 aliphatic rings. The fraction of sp³-hybridized carbons (Fsp3) is 0.400. The van der Waals surface area contributed by atoms with Crippen molar-refractivity contribution in [2.75, 3.05) is 0 Å². The van der Waals surface area contributed by atoms with E-state index in [4.69, 9.17) is 4.98 Å². The molecular weight excluding hydrogens is 362 g/mol. The Balaban J connectivity index is 2.10. The number of hydrogen-bond acceptors (Lipinski definition) is 5. The number of hydrogen-bond donors (Lipinski definition) is 1. The summed E-state index contributed by atoms with van der Waals surface area (Å²) < 4.78 is 1.30. The molecule has 0 saturated heterocycles. The summed E-state index contributed by atoms with van der Waals surface area (Å²) in [4.78, 5) is 36.4. The molecule has 140 valence electrons. The standard InChI is InChI=1S/C20H21N3O3S/c1-11-7-8-12-14(10-11)27-17-15(12)18(24)23(20(2,3)19(25)26)16(22-17)13-6-4-5-9-21-13/h4-6,9,11H,7-8,10H2,1-3H3,(H,25,26). The highest BCUT2D eigenvalue weighted by molar-refractivity contribution is 7.18. The van der Waals surface area contributed by atoms with Gasteiger partial charge in [0, 0.05) is 11.1 Å². The molecule has 1 atom stereocenters. The molecule has 27 heavy (non-hydrogen) atoms. The molecule has 0 fully saturated rings. The topological polar surface area (TPSA) is 85.1 Å². The van der Waals surface area contributed by atoms with Crippen molar-refractivity contribution in [3.8, 4) is 11.5 Å². The molecule has 3 aromatic rings. The number of pyridine rings is 1. The molecule has 0 radical (unpaired) electrons. The summed E-state index contributed by atoms with van der Waals surface area (Å²) in [6, 6.07) is 5.33. The van der Waals surface area contributed by atoms with Crippen LogP contribution in [0.1, 0.15) is 37.6 Å². The monoisotopic (exact) mass is 383 g/mol. The van der Waals surface area contributed by atoms with Crippen molar-refractivity contribution in [2.24, 2.45) is 5.92 Å². The van der Waals surface area contributed by atoms with Gasteiger partial charge in [0.15, 0.2) is 5.82 Å². The van der Waals surface area contributed by atoms with E-state index in [9.17, 15) is 14.7 Å². The molecule has 3 heterocycles. The van der Waals surface area contributed by atoms with Crippen molar-refractivity contribution in [3.63, 3.8) is 0 Å². The van der Waals surface area contributed by atoms with Crippen LogP contribution in [0.15, 0.2) is 29.2 Å². The molecule has 0 spiro atoms. The van der Waals surface area contributed by atoms with Gasteiger partial charge in [-0.15, -0.1) is 11.3 Å². The SMILES string of the molecule is CC1CCc2c(sc3nc(-c4ccccn4)n(C(C)(C)C(=O)O)c(=O)c23)C1. The molecule has 1 aliphatic carbocycles. The van der Waals surface area contributed by atoms with Crippen LogP contribution in [0.4, 0.5) is 0 Å². The molecule has 7 heteroatoms. The number of carboxylic acid groups (broad SMARTS) is 1. The van der Waals surface area contributed by atoms with Gasteiger partial charge in [-0.1, -0.05) is 13.0 Å². The zero-order valence-electron chi connectivity index (χ0n) is 15.5. The predicted octanol–water partition coefficient (Wildman–Crippen LogP) is 3.46. The van der Waals surface area contributed by atoms with E-state index in [1.54, 1.807) is 35.7 Å². The lowest BCUT2D eigenvalue weighted by Gasteiger charge is -2.25. The third-order valence-corrected chi connectivity index (χ3v) is 6.45. The maximum atomic E-state index is 13.5. The third-order valence-electron chi connectivity index (χ3n) is 5.31. The number of aromatic nitrogens is 3. The predicted molar refractivity (Wildman–Crippen MR) is 105 cm³/mol. The number of carbonyl (C=O) groups is 1. The lowest BCUT2D eigenvalue weighted by Crippen LogP contribution is -2.44. The number of fused-ring (bicyclic) bond motifs is 3. The summed E-state index contributed by atoms with van der Waals surface area (Å²) in [5, 5.41) is 10.4. The van der Waals surface area contributed by atoms with Crippen molar-refractivity contribution in [1.82, 2.24) is 14.5 Å². The van der Waals surface area contributed by atoms with E-state index in [1.807, 2.05) is 0 Å². The van der Waals surface area contributed by atoms with Gasteiger partial charge in [-0.25, -0.2) is 9.78 Å². The Morgan fingerprint density at radius 3 is 2.81 bits per heavy atom. The molecule has 0 bridgehead atoms. The Morgan fingerprint density at radius 2 is 2.15 bits per heavy atom. The van der Waals surface area contributed by atoms with Gasteiger partial charge in [-0.2, -0.15) is 0 Å². The van der Waals surface area contributed by atoms with Gasteiger partial charge in [0.1, 0.15) is 16.1 Å². The first-order valence-corrected chi connectivity index (χ1v) is 9.85. The molecule has 4 rings (SSSR count). The van der Waals surface area contributed by atoms with Crippen LogP contribution in [0.25, 0.3) is 21.7 Å². The van der Waals surface area contributed by atoms with Crippen LogP contribution in [-0.4, -0.2) is 25.6 Å². The molecule has 1 unspecified atom stereocenters. The van der Waals surface area contributed by atoms with E-state index in [1.165, 1.54) is 23.3 Å². The van der Waals surface area contributed by atoms with E-state index in [0.29, 0.717) is 27.7 Å². The van der Waals surface area contributed by atoms with Crippen LogP contribution in [0.3, 0.4) is 0 Å². The van der Waals surface area contributed by atoms with Crippen molar-refractivity contribution >= 4 is 27.5 Å². The first-order valence-electron chi connectivity index (χ1n) is 9.03. The summed E-state index contributed by atoms with van der Waals surface area (Å²) in [7, 11) is 0. The van der Waals surface area contributed by atoms with Gasteiger partial charge >= 0.3 is 5.97 Å². The van der Waals surface area contributed by atoms with Crippen LogP contribution in [0, 0.1) is 5.92 Å². The lowest BCUT2D eigenvalue weighted by molar-refractivity contribution is -0.145. The van der Waals surface area contributed by atoms with E-state index in [2.05, 4.69) is 11.9 Å². The molecule has 0 saturated carbocycles. The molecule has 6 nitrogen and oxygen atoms in total. The summed E-state index contributed by atoms with van der Waals surface area (Å²) in [5.41, 5.74) is -0.194. The summed E-state index contributed by atoms with van der Waals surface area (Å²) in [5.74, 6) is -0.202. The minimum atomic E-state index is -1.44. The Bertz CT molecular complexity index is 1100. The van der Waals surface area contributed by atoms with Gasteiger partial charge in [-0.05, 0) is 56.7 Å². The normalized spacial score (nSPS) is 17.1. The largest absolute Gasteiger partial charge is 0.480 e. The fourth-order valence-electron chi connectivity index (χ4n) is 3.67. The molecule has 3 aromatic heterocycles. The molecular formula is C20H21N3O3S. The third kappa shape index (κ3) is 2.77. The second kappa shape index (κ2) is 6.27. The Morgan fingerprint density at radius 1 is 1.37 bits per heavy atom. The highest BCUT2D eigenvalue weighted by atomic mass is 32.1. The first-order chi connectivity index (χ1) is 12.8. The van der Waals surface area contributed by atoms with Gasteiger partial charge in [0.05, 0.1) is 5.39 Å². The van der Waals surface area contributed by atoms with Gasteiger partial charge in [-0.3, -0.25) is 14.3 Å². The number of aryl methyl sites for hydroxylation is 1. The Kier molecular flexibility index (Phi) is 4.14. The fourth-order valence-corrected chi connectivity index (χ4v) is 5.04. The highest BCUT2D eigenvalue weighted by Gasteiger charge is 2.36. The number of thiophene rings is 1. The van der Waals surface area contributed by atoms with Gasteiger partial charge in [0.25, 0.3) is 5.56 Å². The van der Waals surface area contributed by atoms with E-state index in [-0.39, 0.29) is 5.56 Å². The van der Waals surface area contributed by atoms with Crippen molar-refractivity contribution in [3.05, 3.63) is 45.2 Å². The quantitative estimate of drug-likeness (QED) is 0.749. The molecule has 1 N–H and O–H groups in total. The van der Waals surface area contributed by atoms with Crippen molar-refractivity contribution in [1.29, 1.82) is 0 Å². The highest BCUT2D eigenvalue weighted by Crippen LogP contribution is 2.37. The average Bonchev–Trinajstić information content (AvgIpc) is 2.99. The van der Waals surface area contributed by atoms with Crippen molar-refractivity contribution in [2.45, 2.75) is 45.6 Å². The number of carboxylic acids is 1. The smallest absolute Gasteiger partial charge is 0.329 e. The van der Waals surface area contributed by atoms with Crippen LogP contribution < -0.4 is 5.56 Å². The maximum absolute atomic E-state index is 13.5. The first kappa shape index (κ1) is 17.9. The minimum Gasteiger partial charge on any atom is -0.480 e. The van der Waals surface area contributed by atoms with Gasteiger partial charge in [0.2, 0.25) is 0 Å².